The van der Waals surface area contributed by atoms with Gasteiger partial charge in [-0.15, -0.1) is 0 Å². The maximum atomic E-state index is 5.37. The molecule has 2 rings (SSSR count). The molecule has 3 nitrogen and oxygen atoms in total. The van der Waals surface area contributed by atoms with E-state index >= 15 is 0 Å². The van der Waals surface area contributed by atoms with Gasteiger partial charge in [0.25, 0.3) is 0 Å². The zero-order valence-corrected chi connectivity index (χ0v) is 6.13. The van der Waals surface area contributed by atoms with Crippen LogP contribution in [0.4, 0.5) is 0 Å². The Morgan fingerprint density at radius 3 is 2.30 bits per heavy atom. The lowest BCUT2D eigenvalue weighted by molar-refractivity contribution is -0.149. The molecule has 10 heavy (non-hydrogen) atoms. The van der Waals surface area contributed by atoms with Gasteiger partial charge in [-0.3, -0.25) is 0 Å². The largest absolute Gasteiger partial charge is 0.373 e. The fourth-order valence-corrected chi connectivity index (χ4v) is 1.69. The minimum Gasteiger partial charge on any atom is -0.373 e. The summed E-state index contributed by atoms with van der Waals surface area (Å²) in [4.78, 5) is 0. The third kappa shape index (κ3) is 0.713. The van der Waals surface area contributed by atoms with Gasteiger partial charge in [-0.25, -0.2) is 0 Å². The van der Waals surface area contributed by atoms with Crippen LogP contribution in [-0.4, -0.2) is 32.2 Å². The van der Waals surface area contributed by atoms with E-state index in [1.54, 1.807) is 7.11 Å². The van der Waals surface area contributed by atoms with Gasteiger partial charge in [0.2, 0.25) is 0 Å². The predicted molar refractivity (Wildman–Crippen MR) is 34.7 cm³/mol. The molecule has 3 heteroatoms. The van der Waals surface area contributed by atoms with Crippen molar-refractivity contribution in [3.8, 4) is 0 Å². The maximum absolute atomic E-state index is 5.37. The number of ether oxygens (including phenoxy) is 3. The van der Waals surface area contributed by atoms with Crippen molar-refractivity contribution in [2.75, 3.05) is 20.3 Å². The average molecular weight is 144 g/mol. The highest BCUT2D eigenvalue weighted by molar-refractivity contribution is 4.92. The highest BCUT2D eigenvalue weighted by Gasteiger charge is 2.49. The zero-order valence-electron chi connectivity index (χ0n) is 6.13. The number of methoxy groups -OCH3 is 1. The van der Waals surface area contributed by atoms with Crippen LogP contribution >= 0.6 is 0 Å². The highest BCUT2D eigenvalue weighted by atomic mass is 16.7. The van der Waals surface area contributed by atoms with Crippen LogP contribution < -0.4 is 0 Å². The van der Waals surface area contributed by atoms with E-state index in [4.69, 9.17) is 14.2 Å². The third-order valence-electron chi connectivity index (χ3n) is 2.43. The molecule has 2 fully saturated rings. The summed E-state index contributed by atoms with van der Waals surface area (Å²) in [6.45, 7) is 1.55. The summed E-state index contributed by atoms with van der Waals surface area (Å²) in [5.74, 6) is 0. The Bertz CT molecular complexity index is 125. The molecule has 0 saturated carbocycles. The molecule has 0 aromatic heterocycles. The second-order valence-corrected chi connectivity index (χ2v) is 2.84. The van der Waals surface area contributed by atoms with E-state index in [9.17, 15) is 0 Å². The van der Waals surface area contributed by atoms with Gasteiger partial charge in [0.05, 0.1) is 13.2 Å². The number of rotatable bonds is 1. The molecule has 2 saturated heterocycles. The molecular weight excluding hydrogens is 132 g/mol. The molecule has 0 N–H and O–H groups in total. The summed E-state index contributed by atoms with van der Waals surface area (Å²) >= 11 is 0. The maximum Gasteiger partial charge on any atom is 0.186 e. The van der Waals surface area contributed by atoms with E-state index in [-0.39, 0.29) is 11.9 Å². The molecule has 2 heterocycles. The van der Waals surface area contributed by atoms with E-state index in [0.29, 0.717) is 0 Å². The lowest BCUT2D eigenvalue weighted by Crippen LogP contribution is -2.35. The number of fused-ring (bicyclic) bond motifs is 1. The van der Waals surface area contributed by atoms with Crippen molar-refractivity contribution < 1.29 is 14.2 Å². The van der Waals surface area contributed by atoms with Crippen molar-refractivity contribution in [2.45, 2.75) is 24.7 Å². The van der Waals surface area contributed by atoms with E-state index < -0.39 is 0 Å². The molecule has 0 aromatic carbocycles. The van der Waals surface area contributed by atoms with Gasteiger partial charge in [-0.2, -0.15) is 0 Å². The minimum atomic E-state index is -0.0972. The van der Waals surface area contributed by atoms with Crippen LogP contribution in [0.2, 0.25) is 0 Å². The SMILES string of the molecule is COC12CCOC1OCC2. The fraction of sp³-hybridized carbons (Fsp3) is 1.00. The van der Waals surface area contributed by atoms with Crippen LogP contribution in [0.3, 0.4) is 0 Å². The van der Waals surface area contributed by atoms with Gasteiger partial charge in [0.15, 0.2) is 6.29 Å². The standard InChI is InChI=1S/C7H12O3/c1-8-7-2-4-9-6(7)10-5-3-7/h6H,2-5H2,1H3. The normalized spacial score (nSPS) is 45.9. The minimum absolute atomic E-state index is 0.0856. The lowest BCUT2D eigenvalue weighted by atomic mass is 10.0. The zero-order chi connectivity index (χ0) is 7.03. The van der Waals surface area contributed by atoms with Crippen LogP contribution in [0.1, 0.15) is 12.8 Å². The van der Waals surface area contributed by atoms with Crippen LogP contribution in [-0.2, 0) is 14.2 Å². The van der Waals surface area contributed by atoms with Crippen molar-refractivity contribution in [3.63, 3.8) is 0 Å². The van der Waals surface area contributed by atoms with E-state index in [1.807, 2.05) is 0 Å². The quantitative estimate of drug-likeness (QED) is 0.537. The van der Waals surface area contributed by atoms with E-state index in [2.05, 4.69) is 0 Å². The van der Waals surface area contributed by atoms with Crippen LogP contribution in [0.5, 0.6) is 0 Å². The van der Waals surface area contributed by atoms with Gasteiger partial charge >= 0.3 is 0 Å². The molecule has 0 bridgehead atoms. The highest BCUT2D eigenvalue weighted by Crippen LogP contribution is 2.37. The molecule has 0 spiro atoms. The summed E-state index contributed by atoms with van der Waals surface area (Å²) in [7, 11) is 1.73. The molecule has 58 valence electrons. The summed E-state index contributed by atoms with van der Waals surface area (Å²) in [5.41, 5.74) is -0.0972. The van der Waals surface area contributed by atoms with Crippen molar-refractivity contribution in [1.29, 1.82) is 0 Å². The third-order valence-corrected chi connectivity index (χ3v) is 2.43. The van der Waals surface area contributed by atoms with Crippen LogP contribution in [0.15, 0.2) is 0 Å². The molecule has 0 atom stereocenters. The Balaban J connectivity index is 2.15. The van der Waals surface area contributed by atoms with Crippen LogP contribution in [0, 0.1) is 0 Å². The number of hydrogen-bond donors (Lipinski definition) is 0. The summed E-state index contributed by atoms with van der Waals surface area (Å²) in [5, 5.41) is 0. The second-order valence-electron chi connectivity index (χ2n) is 2.84. The Morgan fingerprint density at radius 2 is 1.90 bits per heavy atom. The first-order chi connectivity index (χ1) is 4.87. The topological polar surface area (TPSA) is 27.7 Å². The first-order valence-electron chi connectivity index (χ1n) is 3.66. The van der Waals surface area contributed by atoms with E-state index in [0.717, 1.165) is 26.1 Å². The fourth-order valence-electron chi connectivity index (χ4n) is 1.69. The molecule has 0 aliphatic carbocycles. The Hall–Kier alpha value is -0.120. The van der Waals surface area contributed by atoms with Gasteiger partial charge in [-0.05, 0) is 0 Å². The molecule has 2 aliphatic rings. The lowest BCUT2D eigenvalue weighted by Gasteiger charge is -2.23. The van der Waals surface area contributed by atoms with Gasteiger partial charge < -0.3 is 14.2 Å². The van der Waals surface area contributed by atoms with Gasteiger partial charge in [0.1, 0.15) is 5.60 Å². The van der Waals surface area contributed by atoms with Crippen molar-refractivity contribution in [3.05, 3.63) is 0 Å². The van der Waals surface area contributed by atoms with Crippen molar-refractivity contribution >= 4 is 0 Å². The molecule has 2 aliphatic heterocycles. The summed E-state index contributed by atoms with van der Waals surface area (Å²) < 4.78 is 16.0. The van der Waals surface area contributed by atoms with E-state index in [1.165, 1.54) is 0 Å². The predicted octanol–water partition coefficient (Wildman–Crippen LogP) is 0.538. The van der Waals surface area contributed by atoms with Gasteiger partial charge in [-0.1, -0.05) is 0 Å². The molecular formula is C7H12O3. The number of hydrogen-bond acceptors (Lipinski definition) is 3. The van der Waals surface area contributed by atoms with Gasteiger partial charge in [0, 0.05) is 20.0 Å². The molecule has 0 aromatic rings. The average Bonchev–Trinajstić information content (AvgIpc) is 2.42. The summed E-state index contributed by atoms with van der Waals surface area (Å²) in [6, 6.07) is 0. The first-order valence-corrected chi connectivity index (χ1v) is 3.66. The Kier molecular flexibility index (Phi) is 1.44. The van der Waals surface area contributed by atoms with Crippen molar-refractivity contribution in [1.82, 2.24) is 0 Å². The smallest absolute Gasteiger partial charge is 0.186 e. The molecule has 0 radical (unpaired) electrons. The Morgan fingerprint density at radius 1 is 1.30 bits per heavy atom. The summed E-state index contributed by atoms with van der Waals surface area (Å²) in [6.07, 6.45) is 1.87. The Labute approximate surface area is 60.3 Å². The first kappa shape index (κ1) is 6.58. The molecule has 0 unspecified atom stereocenters. The monoisotopic (exact) mass is 144 g/mol. The van der Waals surface area contributed by atoms with Crippen molar-refractivity contribution in [2.24, 2.45) is 0 Å². The van der Waals surface area contributed by atoms with Crippen LogP contribution in [0.25, 0.3) is 0 Å². The molecule has 0 amide bonds. The second kappa shape index (κ2) is 2.19.